The number of amides is 2. The van der Waals surface area contributed by atoms with Crippen LogP contribution in [-0.4, -0.2) is 18.9 Å². The third kappa shape index (κ3) is 3.02. The summed E-state index contributed by atoms with van der Waals surface area (Å²) < 4.78 is 5.39. The number of nitrogens with two attached hydrogens (primary N) is 1. The summed E-state index contributed by atoms with van der Waals surface area (Å²) in [6, 6.07) is 6.01. The van der Waals surface area contributed by atoms with Crippen LogP contribution < -0.4 is 15.8 Å². The van der Waals surface area contributed by atoms with E-state index < -0.39 is 5.91 Å². The Bertz CT molecular complexity index is 868. The van der Waals surface area contributed by atoms with Gasteiger partial charge < -0.3 is 15.8 Å². The summed E-state index contributed by atoms with van der Waals surface area (Å²) in [4.78, 5) is 24.6. The number of nitrogens with one attached hydrogen (secondary N) is 1. The molecule has 1 aromatic carbocycles. The highest BCUT2D eigenvalue weighted by atomic mass is 32.1. The Morgan fingerprint density at radius 2 is 2.04 bits per heavy atom. The lowest BCUT2D eigenvalue weighted by molar-refractivity contribution is -0.114. The van der Waals surface area contributed by atoms with E-state index in [1.54, 1.807) is 7.11 Å². The first-order valence-corrected chi connectivity index (χ1v) is 8.98. The molecular weight excluding hydrogens is 336 g/mol. The molecule has 0 atom stereocenters. The molecule has 0 bridgehead atoms. The van der Waals surface area contributed by atoms with Gasteiger partial charge in [-0.2, -0.15) is 0 Å². The van der Waals surface area contributed by atoms with E-state index in [1.807, 2.05) is 12.1 Å². The van der Waals surface area contributed by atoms with Gasteiger partial charge in [0.2, 0.25) is 5.91 Å². The Kier molecular flexibility index (Phi) is 4.33. The molecule has 132 valence electrons. The summed E-state index contributed by atoms with van der Waals surface area (Å²) in [7, 11) is 1.65. The van der Waals surface area contributed by atoms with Crippen molar-refractivity contribution < 1.29 is 14.3 Å². The van der Waals surface area contributed by atoms with Gasteiger partial charge in [-0.15, -0.1) is 11.3 Å². The fourth-order valence-corrected chi connectivity index (χ4v) is 4.75. The number of carbonyl (C=O) groups is 2. The Hall–Kier alpha value is -2.34. The van der Waals surface area contributed by atoms with Crippen LogP contribution in [-0.2, 0) is 16.6 Å². The van der Waals surface area contributed by atoms with Crippen LogP contribution in [0, 0.1) is 0 Å². The molecule has 0 saturated heterocycles. The predicted octanol–water partition coefficient (Wildman–Crippen LogP) is 3.70. The molecule has 0 fully saturated rings. The molecule has 6 heteroatoms. The maximum atomic E-state index is 12.1. The highest BCUT2D eigenvalue weighted by molar-refractivity contribution is 7.20. The molecule has 0 saturated carbocycles. The van der Waals surface area contributed by atoms with Gasteiger partial charge in [0.05, 0.1) is 12.7 Å². The molecule has 3 N–H and O–H groups in total. The topological polar surface area (TPSA) is 81.4 Å². The minimum Gasteiger partial charge on any atom is -0.497 e. The number of hydrogen-bond donors (Lipinski definition) is 2. The zero-order valence-electron chi connectivity index (χ0n) is 14.9. The number of anilines is 1. The Morgan fingerprint density at radius 3 is 2.64 bits per heavy atom. The Balaban J connectivity index is 2.28. The molecule has 2 aromatic rings. The predicted molar refractivity (Wildman–Crippen MR) is 100 cm³/mol. The number of ether oxygens (including phenoxy) is 1. The van der Waals surface area contributed by atoms with Gasteiger partial charge in [-0.05, 0) is 53.1 Å². The van der Waals surface area contributed by atoms with E-state index >= 15 is 0 Å². The molecule has 0 radical (unpaired) electrons. The lowest BCUT2D eigenvalue weighted by Gasteiger charge is -2.26. The van der Waals surface area contributed by atoms with Gasteiger partial charge in [0.15, 0.2) is 0 Å². The van der Waals surface area contributed by atoms with Gasteiger partial charge in [0.25, 0.3) is 5.91 Å². The normalized spacial score (nSPS) is 14.9. The summed E-state index contributed by atoms with van der Waals surface area (Å²) in [5.74, 6) is 0.0919. The van der Waals surface area contributed by atoms with Crippen molar-refractivity contribution in [2.75, 3.05) is 12.4 Å². The molecule has 5 nitrogen and oxygen atoms in total. The van der Waals surface area contributed by atoms with Crippen LogP contribution in [0.5, 0.6) is 5.75 Å². The van der Waals surface area contributed by atoms with Gasteiger partial charge in [0.1, 0.15) is 10.8 Å². The van der Waals surface area contributed by atoms with Crippen LogP contribution in [0.1, 0.15) is 48.7 Å². The maximum Gasteiger partial charge on any atom is 0.252 e. The molecular formula is C19H22N2O3S. The minimum absolute atomic E-state index is 0.0638. The monoisotopic (exact) mass is 358 g/mol. The van der Waals surface area contributed by atoms with E-state index in [4.69, 9.17) is 10.5 Å². The average Bonchev–Trinajstić information content (AvgIpc) is 2.85. The number of carbonyl (C=O) groups excluding carboxylic acids is 2. The fourth-order valence-electron chi connectivity index (χ4n) is 3.41. The third-order valence-corrected chi connectivity index (χ3v) is 5.92. The molecule has 1 heterocycles. The van der Waals surface area contributed by atoms with Crippen LogP contribution in [0.25, 0.3) is 10.4 Å². The quantitative estimate of drug-likeness (QED) is 0.878. The number of hydrogen-bond acceptors (Lipinski definition) is 4. The summed E-state index contributed by atoms with van der Waals surface area (Å²) >= 11 is 1.42. The second-order valence-corrected chi connectivity index (χ2v) is 7.98. The van der Waals surface area contributed by atoms with Gasteiger partial charge in [-0.3, -0.25) is 9.59 Å². The van der Waals surface area contributed by atoms with Crippen LogP contribution >= 0.6 is 11.3 Å². The van der Waals surface area contributed by atoms with E-state index in [2.05, 4.69) is 25.2 Å². The van der Waals surface area contributed by atoms with Crippen molar-refractivity contribution in [3.8, 4) is 16.2 Å². The van der Waals surface area contributed by atoms with Crippen molar-refractivity contribution in [3.63, 3.8) is 0 Å². The molecule has 0 unspecified atom stereocenters. The van der Waals surface area contributed by atoms with Crippen molar-refractivity contribution >= 4 is 28.2 Å². The molecule has 1 aliphatic carbocycles. The van der Waals surface area contributed by atoms with Crippen LogP contribution in [0.3, 0.4) is 0 Å². The second-order valence-electron chi connectivity index (χ2n) is 6.95. The second kappa shape index (κ2) is 6.19. The summed E-state index contributed by atoms with van der Waals surface area (Å²) in [5.41, 5.74) is 9.19. The summed E-state index contributed by atoms with van der Waals surface area (Å²) in [6.45, 7) is 5.82. The van der Waals surface area contributed by atoms with Gasteiger partial charge in [0, 0.05) is 11.8 Å². The molecule has 25 heavy (non-hydrogen) atoms. The van der Waals surface area contributed by atoms with Crippen LogP contribution in [0.15, 0.2) is 18.2 Å². The van der Waals surface area contributed by atoms with E-state index in [0.717, 1.165) is 34.6 Å². The SMILES string of the molecule is COc1ccc2c(c1)C(C)(C)CCc1c-2sc(NC(C)=O)c1C(N)=O. The molecule has 3 rings (SSSR count). The number of fused-ring (bicyclic) bond motifs is 3. The van der Waals surface area contributed by atoms with Gasteiger partial charge in [-0.25, -0.2) is 0 Å². The largest absolute Gasteiger partial charge is 0.497 e. The molecule has 1 aromatic heterocycles. The number of benzene rings is 1. The van der Waals surface area contributed by atoms with Crippen LogP contribution in [0.2, 0.25) is 0 Å². The van der Waals surface area contributed by atoms with Crippen molar-refractivity contribution in [2.24, 2.45) is 5.73 Å². The smallest absolute Gasteiger partial charge is 0.252 e. The fraction of sp³-hybridized carbons (Fsp3) is 0.368. The number of thiophene rings is 1. The number of methoxy groups -OCH3 is 1. The number of rotatable bonds is 3. The van der Waals surface area contributed by atoms with Gasteiger partial charge in [-0.1, -0.05) is 13.8 Å². The highest BCUT2D eigenvalue weighted by Gasteiger charge is 2.33. The standard InChI is InChI=1S/C19H22N2O3S/c1-10(22)21-18-15(17(20)23)13-7-8-19(2,3)14-9-11(24-4)5-6-12(14)16(13)25-18/h5-6,9H,7-8H2,1-4H3,(H2,20,23)(H,21,22). The first-order chi connectivity index (χ1) is 11.7. The van der Waals surface area contributed by atoms with Crippen LogP contribution in [0.4, 0.5) is 5.00 Å². The molecule has 0 spiro atoms. The third-order valence-electron chi connectivity index (χ3n) is 4.74. The van der Waals surface area contributed by atoms with Crippen molar-refractivity contribution in [1.29, 1.82) is 0 Å². The number of primary amides is 1. The lowest BCUT2D eigenvalue weighted by Crippen LogP contribution is -2.19. The maximum absolute atomic E-state index is 12.1. The van der Waals surface area contributed by atoms with E-state index in [-0.39, 0.29) is 11.3 Å². The van der Waals surface area contributed by atoms with Crippen molar-refractivity contribution in [3.05, 3.63) is 34.9 Å². The van der Waals surface area contributed by atoms with Crippen molar-refractivity contribution in [2.45, 2.75) is 39.0 Å². The lowest BCUT2D eigenvalue weighted by atomic mass is 9.79. The highest BCUT2D eigenvalue weighted by Crippen LogP contribution is 2.49. The molecule has 2 amide bonds. The summed E-state index contributed by atoms with van der Waals surface area (Å²) in [6.07, 6.45) is 1.60. The van der Waals surface area contributed by atoms with E-state index in [0.29, 0.717) is 10.6 Å². The first kappa shape index (κ1) is 17.5. The zero-order valence-corrected chi connectivity index (χ0v) is 15.7. The molecule has 0 aliphatic heterocycles. The minimum atomic E-state index is -0.504. The summed E-state index contributed by atoms with van der Waals surface area (Å²) in [5, 5.41) is 3.29. The first-order valence-electron chi connectivity index (χ1n) is 8.16. The molecule has 1 aliphatic rings. The van der Waals surface area contributed by atoms with E-state index in [9.17, 15) is 9.59 Å². The average molecular weight is 358 g/mol. The Morgan fingerprint density at radius 1 is 1.32 bits per heavy atom. The van der Waals surface area contributed by atoms with Crippen molar-refractivity contribution in [1.82, 2.24) is 0 Å². The Labute approximate surface area is 151 Å². The zero-order chi connectivity index (χ0) is 18.4. The van der Waals surface area contributed by atoms with E-state index in [1.165, 1.54) is 23.8 Å². The van der Waals surface area contributed by atoms with Gasteiger partial charge >= 0.3 is 0 Å².